The smallest absolute Gasteiger partial charge is 0.246 e. The van der Waals surface area contributed by atoms with Gasteiger partial charge in [-0.2, -0.15) is 9.40 Å². The fourth-order valence-corrected chi connectivity index (χ4v) is 3.65. The van der Waals surface area contributed by atoms with Gasteiger partial charge < -0.3 is 4.90 Å². The van der Waals surface area contributed by atoms with E-state index < -0.39 is 10.0 Å². The summed E-state index contributed by atoms with van der Waals surface area (Å²) in [6.07, 6.45) is 8.02. The minimum absolute atomic E-state index is 0.0677. The van der Waals surface area contributed by atoms with E-state index in [2.05, 4.69) is 10.2 Å². The van der Waals surface area contributed by atoms with Gasteiger partial charge >= 0.3 is 0 Å². The maximum atomic E-state index is 12.3. The van der Waals surface area contributed by atoms with E-state index in [0.29, 0.717) is 0 Å². The van der Waals surface area contributed by atoms with Gasteiger partial charge in [0, 0.05) is 26.3 Å². The van der Waals surface area contributed by atoms with Crippen molar-refractivity contribution in [3.05, 3.63) is 12.4 Å². The van der Waals surface area contributed by atoms with E-state index in [1.54, 1.807) is 11.9 Å². The summed E-state index contributed by atoms with van der Waals surface area (Å²) in [7, 11) is -0.491. The van der Waals surface area contributed by atoms with Gasteiger partial charge in [-0.05, 0) is 12.8 Å². The number of carbonyl (C=O) groups excluding carboxylic acids is 1. The highest BCUT2D eigenvalue weighted by atomic mass is 32.2. The molecule has 8 heteroatoms. The molecule has 1 aromatic heterocycles. The first kappa shape index (κ1) is 16.0. The van der Waals surface area contributed by atoms with Crippen LogP contribution in [-0.4, -0.2) is 60.4 Å². The zero-order chi connectivity index (χ0) is 15.5. The molecular formula is C13H22N4O3S. The van der Waals surface area contributed by atoms with Gasteiger partial charge in [0.25, 0.3) is 0 Å². The lowest BCUT2D eigenvalue weighted by atomic mass is 9.94. The molecule has 118 valence electrons. The van der Waals surface area contributed by atoms with Crippen molar-refractivity contribution in [3.8, 4) is 0 Å². The largest absolute Gasteiger partial charge is 0.342 e. The predicted octanol–water partition coefficient (Wildman–Crippen LogP) is 0.821. The number of nitrogens with one attached hydrogen (secondary N) is 1. The summed E-state index contributed by atoms with van der Waals surface area (Å²) in [4.78, 5) is 14.0. The third-order valence-electron chi connectivity index (χ3n) is 4.06. The Labute approximate surface area is 125 Å². The number of likely N-dealkylation sites (N-methyl/N-ethyl adjacent to an activating group) is 2. The van der Waals surface area contributed by atoms with E-state index in [4.69, 9.17) is 0 Å². The first-order valence-electron chi connectivity index (χ1n) is 7.13. The van der Waals surface area contributed by atoms with Crippen LogP contribution < -0.4 is 0 Å². The fourth-order valence-electron chi connectivity index (χ4n) is 2.62. The Morgan fingerprint density at radius 3 is 2.57 bits per heavy atom. The monoisotopic (exact) mass is 314 g/mol. The molecular weight excluding hydrogens is 292 g/mol. The van der Waals surface area contributed by atoms with Crippen molar-refractivity contribution in [2.24, 2.45) is 0 Å². The second-order valence-electron chi connectivity index (χ2n) is 5.49. The molecule has 0 atom stereocenters. The maximum Gasteiger partial charge on any atom is 0.246 e. The summed E-state index contributed by atoms with van der Waals surface area (Å²) in [6, 6.07) is 0.233. The van der Waals surface area contributed by atoms with E-state index in [-0.39, 0.29) is 23.4 Å². The van der Waals surface area contributed by atoms with Crippen molar-refractivity contribution >= 4 is 15.9 Å². The number of hydrogen-bond donors (Lipinski definition) is 1. The Kier molecular flexibility index (Phi) is 5.00. The molecule has 1 aromatic rings. The Morgan fingerprint density at radius 1 is 1.33 bits per heavy atom. The highest BCUT2D eigenvalue weighted by molar-refractivity contribution is 7.89. The van der Waals surface area contributed by atoms with Crippen LogP contribution in [0.25, 0.3) is 0 Å². The fraction of sp³-hybridized carbons (Fsp3) is 0.692. The Balaban J connectivity index is 1.98. The minimum atomic E-state index is -3.66. The van der Waals surface area contributed by atoms with Gasteiger partial charge in [0.1, 0.15) is 4.90 Å². The standard InChI is InChI=1S/C13H22N4O3S/c1-16(21(19,20)12-8-14-15-9-12)10-13(18)17(2)11-6-4-3-5-7-11/h8-9,11H,3-7,10H2,1-2H3,(H,14,15). The van der Waals surface area contributed by atoms with Gasteiger partial charge in [-0.15, -0.1) is 0 Å². The zero-order valence-electron chi connectivity index (χ0n) is 12.4. The Hall–Kier alpha value is -1.41. The van der Waals surface area contributed by atoms with E-state index >= 15 is 0 Å². The van der Waals surface area contributed by atoms with Crippen LogP contribution in [0.2, 0.25) is 0 Å². The van der Waals surface area contributed by atoms with Crippen LogP contribution in [0.3, 0.4) is 0 Å². The molecule has 1 aliphatic carbocycles. The number of sulfonamides is 1. The zero-order valence-corrected chi connectivity index (χ0v) is 13.3. The molecule has 1 N–H and O–H groups in total. The average Bonchev–Trinajstić information content (AvgIpc) is 3.02. The van der Waals surface area contributed by atoms with Crippen molar-refractivity contribution in [3.63, 3.8) is 0 Å². The van der Waals surface area contributed by atoms with Crippen LogP contribution in [0.1, 0.15) is 32.1 Å². The molecule has 0 unspecified atom stereocenters. The van der Waals surface area contributed by atoms with Crippen LogP contribution in [0.4, 0.5) is 0 Å². The third-order valence-corrected chi connectivity index (χ3v) is 5.82. The van der Waals surface area contributed by atoms with Gasteiger partial charge in [0.2, 0.25) is 15.9 Å². The topological polar surface area (TPSA) is 86.4 Å². The molecule has 1 saturated carbocycles. The summed E-state index contributed by atoms with van der Waals surface area (Å²) < 4.78 is 25.5. The normalized spacial score (nSPS) is 17.1. The van der Waals surface area contributed by atoms with E-state index in [1.165, 1.54) is 25.9 Å². The van der Waals surface area contributed by atoms with Crippen molar-refractivity contribution in [2.45, 2.75) is 43.0 Å². The molecule has 0 radical (unpaired) electrons. The first-order valence-corrected chi connectivity index (χ1v) is 8.57. The molecule has 0 spiro atoms. The van der Waals surface area contributed by atoms with E-state index in [9.17, 15) is 13.2 Å². The number of H-pyrrole nitrogens is 1. The maximum absolute atomic E-state index is 12.3. The van der Waals surface area contributed by atoms with Gasteiger partial charge in [-0.3, -0.25) is 9.89 Å². The number of aromatic amines is 1. The van der Waals surface area contributed by atoms with E-state index in [0.717, 1.165) is 30.0 Å². The van der Waals surface area contributed by atoms with Crippen LogP contribution in [0, 0.1) is 0 Å². The van der Waals surface area contributed by atoms with Crippen molar-refractivity contribution in [1.29, 1.82) is 0 Å². The molecule has 21 heavy (non-hydrogen) atoms. The van der Waals surface area contributed by atoms with Gasteiger partial charge in [-0.25, -0.2) is 8.42 Å². The quantitative estimate of drug-likeness (QED) is 0.872. The molecule has 7 nitrogen and oxygen atoms in total. The van der Waals surface area contributed by atoms with Gasteiger partial charge in [0.05, 0.1) is 12.7 Å². The van der Waals surface area contributed by atoms with Crippen LogP contribution in [0.5, 0.6) is 0 Å². The summed E-state index contributed by atoms with van der Waals surface area (Å²) in [5.74, 6) is -0.170. The van der Waals surface area contributed by atoms with Crippen LogP contribution in [0.15, 0.2) is 17.3 Å². The lowest BCUT2D eigenvalue weighted by molar-refractivity contribution is -0.132. The number of amides is 1. The van der Waals surface area contributed by atoms with Crippen molar-refractivity contribution < 1.29 is 13.2 Å². The highest BCUT2D eigenvalue weighted by Crippen LogP contribution is 2.22. The Bertz CT molecular complexity index is 564. The number of hydrogen-bond acceptors (Lipinski definition) is 4. The first-order chi connectivity index (χ1) is 9.93. The third kappa shape index (κ3) is 3.62. The molecule has 1 heterocycles. The van der Waals surface area contributed by atoms with Gasteiger partial charge in [0.15, 0.2) is 0 Å². The predicted molar refractivity (Wildman–Crippen MR) is 78.0 cm³/mol. The summed E-state index contributed by atoms with van der Waals surface area (Å²) >= 11 is 0. The SMILES string of the molecule is CN(C(=O)CN(C)S(=O)(=O)c1cn[nH]c1)C1CCCCC1. The number of rotatable bonds is 5. The highest BCUT2D eigenvalue weighted by Gasteiger charge is 2.27. The molecule has 0 saturated heterocycles. The number of carbonyl (C=O) groups is 1. The average molecular weight is 314 g/mol. The second kappa shape index (κ2) is 6.57. The minimum Gasteiger partial charge on any atom is -0.342 e. The van der Waals surface area contributed by atoms with Crippen molar-refractivity contribution in [2.75, 3.05) is 20.6 Å². The molecule has 1 amide bonds. The van der Waals surface area contributed by atoms with Gasteiger partial charge in [-0.1, -0.05) is 19.3 Å². The summed E-state index contributed by atoms with van der Waals surface area (Å²) in [6.45, 7) is -0.152. The van der Waals surface area contributed by atoms with Crippen LogP contribution in [-0.2, 0) is 14.8 Å². The van der Waals surface area contributed by atoms with E-state index in [1.807, 2.05) is 0 Å². The molecule has 0 aliphatic heterocycles. The lowest BCUT2D eigenvalue weighted by Crippen LogP contribution is -2.44. The summed E-state index contributed by atoms with van der Waals surface area (Å²) in [5.41, 5.74) is 0. The molecule has 2 rings (SSSR count). The number of nitrogens with zero attached hydrogens (tertiary/aromatic N) is 3. The molecule has 0 bridgehead atoms. The lowest BCUT2D eigenvalue weighted by Gasteiger charge is -2.32. The second-order valence-corrected chi connectivity index (χ2v) is 7.54. The number of aromatic nitrogens is 2. The molecule has 1 fully saturated rings. The molecule has 1 aliphatic rings. The van der Waals surface area contributed by atoms with Crippen molar-refractivity contribution in [1.82, 2.24) is 19.4 Å². The summed E-state index contributed by atoms with van der Waals surface area (Å²) in [5, 5.41) is 6.10. The molecule has 0 aromatic carbocycles. The van der Waals surface area contributed by atoms with Crippen LogP contribution >= 0.6 is 0 Å². The Morgan fingerprint density at radius 2 is 2.00 bits per heavy atom.